The van der Waals surface area contributed by atoms with Crippen LogP contribution in [0.1, 0.15) is 37.2 Å². The molecule has 1 saturated heterocycles. The maximum absolute atomic E-state index is 12.1. The number of aryl methyl sites for hydroxylation is 1. The monoisotopic (exact) mass is 250 g/mol. The van der Waals surface area contributed by atoms with Crippen molar-refractivity contribution >= 4 is 11.8 Å². The smallest absolute Gasteiger partial charge is 0.269 e. The van der Waals surface area contributed by atoms with Crippen molar-refractivity contribution in [1.82, 2.24) is 20.2 Å². The second-order valence-corrected chi connectivity index (χ2v) is 5.22. The second kappa shape index (κ2) is 4.44. The lowest BCUT2D eigenvalue weighted by atomic mass is 9.87. The van der Waals surface area contributed by atoms with Crippen molar-refractivity contribution in [1.29, 1.82) is 0 Å². The van der Waals surface area contributed by atoms with Gasteiger partial charge in [-0.1, -0.05) is 0 Å². The molecule has 1 atom stereocenters. The molecule has 6 heteroatoms. The molecular weight excluding hydrogens is 232 g/mol. The molecule has 2 N–H and O–H groups in total. The molecule has 2 amide bonds. The predicted octanol–water partition coefficient (Wildman–Crippen LogP) is 0.207. The fraction of sp³-hybridized carbons (Fsp3) is 0.583. The van der Waals surface area contributed by atoms with E-state index in [0.717, 1.165) is 0 Å². The topological polar surface area (TPSA) is 76.0 Å². The van der Waals surface area contributed by atoms with Crippen molar-refractivity contribution in [3.05, 3.63) is 18.2 Å². The van der Waals surface area contributed by atoms with Crippen LogP contribution >= 0.6 is 0 Å². The van der Waals surface area contributed by atoms with Crippen molar-refractivity contribution < 1.29 is 9.59 Å². The molecule has 0 aromatic carbocycles. The zero-order valence-electron chi connectivity index (χ0n) is 10.9. The van der Waals surface area contributed by atoms with Gasteiger partial charge in [-0.25, -0.2) is 4.98 Å². The Bertz CT molecular complexity index is 478. The van der Waals surface area contributed by atoms with Crippen molar-refractivity contribution in [2.45, 2.75) is 38.3 Å². The van der Waals surface area contributed by atoms with E-state index in [2.05, 4.69) is 15.6 Å². The van der Waals surface area contributed by atoms with E-state index in [1.54, 1.807) is 17.9 Å². The number of imidazole rings is 1. The third kappa shape index (κ3) is 2.37. The van der Waals surface area contributed by atoms with Crippen LogP contribution in [0.4, 0.5) is 0 Å². The van der Waals surface area contributed by atoms with Gasteiger partial charge in [0.1, 0.15) is 5.69 Å². The van der Waals surface area contributed by atoms with E-state index in [1.807, 2.05) is 13.8 Å². The predicted molar refractivity (Wildman–Crippen MR) is 65.9 cm³/mol. The lowest BCUT2D eigenvalue weighted by molar-refractivity contribution is -0.125. The number of amides is 2. The van der Waals surface area contributed by atoms with Crippen molar-refractivity contribution in [3.63, 3.8) is 0 Å². The highest BCUT2D eigenvalue weighted by atomic mass is 16.2. The molecule has 1 fully saturated rings. The van der Waals surface area contributed by atoms with Crippen LogP contribution in [0.2, 0.25) is 0 Å². The van der Waals surface area contributed by atoms with E-state index in [4.69, 9.17) is 0 Å². The Balaban J connectivity index is 2.08. The van der Waals surface area contributed by atoms with Gasteiger partial charge in [0.15, 0.2) is 0 Å². The molecule has 1 aliphatic heterocycles. The molecule has 2 rings (SSSR count). The van der Waals surface area contributed by atoms with Crippen molar-refractivity contribution in [3.8, 4) is 0 Å². The van der Waals surface area contributed by atoms with Gasteiger partial charge >= 0.3 is 0 Å². The maximum atomic E-state index is 12.1. The molecule has 18 heavy (non-hydrogen) atoms. The third-order valence-electron chi connectivity index (χ3n) is 3.35. The molecule has 98 valence electrons. The summed E-state index contributed by atoms with van der Waals surface area (Å²) in [7, 11) is 1.77. The van der Waals surface area contributed by atoms with Gasteiger partial charge in [0.2, 0.25) is 5.91 Å². The average molecular weight is 250 g/mol. The molecule has 1 aromatic rings. The second-order valence-electron chi connectivity index (χ2n) is 5.22. The summed E-state index contributed by atoms with van der Waals surface area (Å²) in [6.07, 6.45) is 4.22. The third-order valence-corrected chi connectivity index (χ3v) is 3.35. The number of rotatable bonds is 2. The van der Waals surface area contributed by atoms with Crippen LogP contribution in [0.3, 0.4) is 0 Å². The van der Waals surface area contributed by atoms with E-state index in [1.165, 1.54) is 6.20 Å². The normalized spacial score (nSPS) is 22.4. The zero-order chi connectivity index (χ0) is 13.3. The Kier molecular flexibility index (Phi) is 3.11. The van der Waals surface area contributed by atoms with Crippen LogP contribution in [0.25, 0.3) is 0 Å². The van der Waals surface area contributed by atoms with E-state index < -0.39 is 5.54 Å². The first kappa shape index (κ1) is 12.6. The summed E-state index contributed by atoms with van der Waals surface area (Å²) in [4.78, 5) is 27.4. The minimum absolute atomic E-state index is 0.0334. The minimum Gasteiger partial charge on any atom is -0.349 e. The van der Waals surface area contributed by atoms with Gasteiger partial charge in [-0.05, 0) is 20.3 Å². The summed E-state index contributed by atoms with van der Waals surface area (Å²) in [6.45, 7) is 3.83. The Hall–Kier alpha value is -1.85. The van der Waals surface area contributed by atoms with Crippen LogP contribution in [-0.2, 0) is 11.8 Å². The molecular formula is C12H18N4O2. The number of carbonyl (C=O) groups excluding carboxylic acids is 2. The Morgan fingerprint density at radius 3 is 2.89 bits per heavy atom. The van der Waals surface area contributed by atoms with E-state index in [9.17, 15) is 9.59 Å². The number of carbonyl (C=O) groups is 2. The summed E-state index contributed by atoms with van der Waals surface area (Å²) in [5.74, 6) is -0.129. The van der Waals surface area contributed by atoms with Gasteiger partial charge < -0.3 is 15.2 Å². The van der Waals surface area contributed by atoms with Crippen molar-refractivity contribution in [2.75, 3.05) is 0 Å². The number of hydrogen-bond donors (Lipinski definition) is 2. The Labute approximate surface area is 106 Å². The Morgan fingerprint density at radius 1 is 1.61 bits per heavy atom. The quantitative estimate of drug-likeness (QED) is 0.787. The highest BCUT2D eigenvalue weighted by molar-refractivity contribution is 5.92. The summed E-state index contributed by atoms with van der Waals surface area (Å²) in [5.41, 5.74) is 0.0894. The van der Waals surface area contributed by atoms with Crippen molar-refractivity contribution in [2.24, 2.45) is 7.05 Å². The first-order valence-electron chi connectivity index (χ1n) is 5.98. The highest BCUT2D eigenvalue weighted by Gasteiger charge is 2.36. The van der Waals surface area contributed by atoms with Gasteiger partial charge in [0.05, 0.1) is 24.1 Å². The molecule has 0 spiro atoms. The number of nitrogens with one attached hydrogen (secondary N) is 2. The lowest BCUT2D eigenvalue weighted by Gasteiger charge is -2.39. The van der Waals surface area contributed by atoms with Gasteiger partial charge in [-0.15, -0.1) is 0 Å². The Morgan fingerprint density at radius 2 is 2.33 bits per heavy atom. The molecule has 1 aliphatic rings. The van der Waals surface area contributed by atoms with Crippen LogP contribution in [0.15, 0.2) is 12.5 Å². The minimum atomic E-state index is -0.427. The number of aromatic nitrogens is 2. The van der Waals surface area contributed by atoms with Crippen LogP contribution < -0.4 is 10.6 Å². The van der Waals surface area contributed by atoms with E-state index >= 15 is 0 Å². The lowest BCUT2D eigenvalue weighted by Crippen LogP contribution is -2.62. The van der Waals surface area contributed by atoms with Crippen LogP contribution in [0, 0.1) is 0 Å². The SMILES string of the molecule is Cn1cncc1C(=O)NC1CCC(=O)NC1(C)C. The fourth-order valence-corrected chi connectivity index (χ4v) is 2.21. The molecule has 1 aromatic heterocycles. The molecule has 0 saturated carbocycles. The van der Waals surface area contributed by atoms with E-state index in [0.29, 0.717) is 18.5 Å². The van der Waals surface area contributed by atoms with Crippen LogP contribution in [0.5, 0.6) is 0 Å². The summed E-state index contributed by atoms with van der Waals surface area (Å²) < 4.78 is 1.67. The molecule has 6 nitrogen and oxygen atoms in total. The molecule has 0 radical (unpaired) electrons. The fourth-order valence-electron chi connectivity index (χ4n) is 2.21. The van der Waals surface area contributed by atoms with Gasteiger partial charge in [0.25, 0.3) is 5.91 Å². The van der Waals surface area contributed by atoms with Gasteiger partial charge in [-0.3, -0.25) is 9.59 Å². The molecule has 0 aliphatic carbocycles. The standard InChI is InChI=1S/C12H18N4O2/c1-12(2)9(4-5-10(17)15-12)14-11(18)8-6-13-7-16(8)3/h6-7,9H,4-5H2,1-3H3,(H,14,18)(H,15,17). The highest BCUT2D eigenvalue weighted by Crippen LogP contribution is 2.20. The molecule has 0 bridgehead atoms. The van der Waals surface area contributed by atoms with Gasteiger partial charge in [0, 0.05) is 13.5 Å². The summed E-state index contributed by atoms with van der Waals surface area (Å²) in [5, 5.41) is 5.85. The largest absolute Gasteiger partial charge is 0.349 e. The summed E-state index contributed by atoms with van der Waals surface area (Å²) >= 11 is 0. The van der Waals surface area contributed by atoms with Gasteiger partial charge in [-0.2, -0.15) is 0 Å². The van der Waals surface area contributed by atoms with Crippen LogP contribution in [-0.4, -0.2) is 32.9 Å². The number of nitrogens with zero attached hydrogens (tertiary/aromatic N) is 2. The van der Waals surface area contributed by atoms with E-state index in [-0.39, 0.29) is 17.9 Å². The number of piperidine rings is 1. The number of hydrogen-bond acceptors (Lipinski definition) is 3. The zero-order valence-corrected chi connectivity index (χ0v) is 10.9. The maximum Gasteiger partial charge on any atom is 0.269 e. The molecule has 2 heterocycles. The summed E-state index contributed by atoms with van der Waals surface area (Å²) in [6, 6.07) is -0.0717. The first-order chi connectivity index (χ1) is 8.40. The molecule has 1 unspecified atom stereocenters. The average Bonchev–Trinajstić information content (AvgIpc) is 2.68. The first-order valence-corrected chi connectivity index (χ1v) is 5.98.